The number of hydrogen-bond acceptors (Lipinski definition) is 4. The van der Waals surface area contributed by atoms with Gasteiger partial charge in [-0.15, -0.1) is 0 Å². The number of hydrogen-bond donors (Lipinski definition) is 3. The van der Waals surface area contributed by atoms with Gasteiger partial charge in [0.25, 0.3) is 0 Å². The minimum absolute atomic E-state index is 0.364. The molecule has 2 aromatic carbocycles. The topological polar surface area (TPSA) is 95.9 Å². The molecule has 3 rings (SSSR count). The minimum atomic E-state index is -1.26. The highest BCUT2D eigenvalue weighted by Gasteiger charge is 2.14. The van der Waals surface area contributed by atoms with Gasteiger partial charge in [-0.25, -0.2) is 9.59 Å². The third-order valence-corrected chi connectivity index (χ3v) is 4.11. The zero-order chi connectivity index (χ0) is 20.2. The van der Waals surface area contributed by atoms with Gasteiger partial charge in [0.05, 0.1) is 0 Å². The van der Waals surface area contributed by atoms with Crippen molar-refractivity contribution in [2.45, 2.75) is 25.4 Å². The van der Waals surface area contributed by atoms with E-state index in [2.05, 4.69) is 59.9 Å². The van der Waals surface area contributed by atoms with Gasteiger partial charge in [0.2, 0.25) is 0 Å². The first-order valence-electron chi connectivity index (χ1n) is 9.17. The Bertz CT molecular complexity index is 767. The smallest absolute Gasteiger partial charge is 0.328 e. The molecule has 148 valence electrons. The van der Waals surface area contributed by atoms with Crippen LogP contribution in [0.15, 0.2) is 66.7 Å². The Balaban J connectivity index is 0.000000300. The number of piperidine rings is 1. The van der Waals surface area contributed by atoms with Crippen molar-refractivity contribution in [3.63, 3.8) is 0 Å². The molecule has 0 amide bonds. The predicted molar refractivity (Wildman–Crippen MR) is 107 cm³/mol. The first kappa shape index (κ1) is 21.2. The van der Waals surface area contributed by atoms with Crippen LogP contribution in [-0.2, 0) is 16.0 Å². The number of carbonyl (C=O) groups is 2. The summed E-state index contributed by atoms with van der Waals surface area (Å²) < 4.78 is 6.09. The maximum absolute atomic E-state index is 9.55. The summed E-state index contributed by atoms with van der Waals surface area (Å²) in [6.45, 7) is 2.13. The lowest BCUT2D eigenvalue weighted by Crippen LogP contribution is -2.34. The van der Waals surface area contributed by atoms with Crippen molar-refractivity contribution in [3.05, 3.63) is 77.9 Å². The van der Waals surface area contributed by atoms with Crippen molar-refractivity contribution in [3.8, 4) is 5.75 Å². The Labute approximate surface area is 164 Å². The molecule has 2 aromatic rings. The summed E-state index contributed by atoms with van der Waals surface area (Å²) in [5.41, 5.74) is 2.65. The van der Waals surface area contributed by atoms with Crippen molar-refractivity contribution >= 4 is 11.9 Å². The van der Waals surface area contributed by atoms with Crippen LogP contribution in [-0.4, -0.2) is 41.3 Å². The van der Waals surface area contributed by atoms with Crippen LogP contribution in [0.3, 0.4) is 0 Å². The summed E-state index contributed by atoms with van der Waals surface area (Å²) in [7, 11) is 0. The number of ether oxygens (including phenoxy) is 1. The first-order chi connectivity index (χ1) is 13.5. The van der Waals surface area contributed by atoms with Crippen LogP contribution in [0.5, 0.6) is 5.75 Å². The Hall–Kier alpha value is -3.12. The van der Waals surface area contributed by atoms with Crippen LogP contribution in [0.4, 0.5) is 0 Å². The second-order valence-electron chi connectivity index (χ2n) is 6.39. The fraction of sp³-hybridized carbons (Fsp3) is 0.273. The molecule has 0 aliphatic carbocycles. The van der Waals surface area contributed by atoms with Gasteiger partial charge in [-0.1, -0.05) is 42.5 Å². The molecule has 0 spiro atoms. The number of carboxylic acids is 2. The normalized spacial score (nSPS) is 14.1. The van der Waals surface area contributed by atoms with Gasteiger partial charge in [0, 0.05) is 12.2 Å². The van der Waals surface area contributed by atoms with Gasteiger partial charge in [0.15, 0.2) is 0 Å². The number of nitrogens with one attached hydrogen (secondary N) is 1. The van der Waals surface area contributed by atoms with E-state index in [4.69, 9.17) is 14.9 Å². The molecule has 6 heteroatoms. The SMILES string of the molecule is O=C(O)/C=C/C(=O)O.c1ccc(Cc2cccc(OC3CCNCC3)c2)cc1. The fourth-order valence-electron chi connectivity index (χ4n) is 2.81. The summed E-state index contributed by atoms with van der Waals surface area (Å²) in [4.78, 5) is 19.1. The van der Waals surface area contributed by atoms with Gasteiger partial charge in [-0.05, 0) is 55.6 Å². The molecule has 1 saturated heterocycles. The van der Waals surface area contributed by atoms with Gasteiger partial charge in [-0.3, -0.25) is 0 Å². The molecule has 0 saturated carbocycles. The molecule has 1 aliphatic heterocycles. The molecule has 0 radical (unpaired) electrons. The Kier molecular flexibility index (Phi) is 8.75. The van der Waals surface area contributed by atoms with Crippen molar-refractivity contribution in [1.29, 1.82) is 0 Å². The molecule has 1 fully saturated rings. The summed E-state index contributed by atoms with van der Waals surface area (Å²) in [6, 6.07) is 19.1. The second-order valence-corrected chi connectivity index (χ2v) is 6.39. The molecular formula is C22H25NO5. The van der Waals surface area contributed by atoms with E-state index in [0.29, 0.717) is 18.3 Å². The highest BCUT2D eigenvalue weighted by atomic mass is 16.5. The maximum atomic E-state index is 9.55. The second kappa shape index (κ2) is 11.6. The van der Waals surface area contributed by atoms with Crippen LogP contribution in [0, 0.1) is 0 Å². The molecule has 0 bridgehead atoms. The van der Waals surface area contributed by atoms with E-state index >= 15 is 0 Å². The van der Waals surface area contributed by atoms with Crippen molar-refractivity contribution in [2.24, 2.45) is 0 Å². The van der Waals surface area contributed by atoms with E-state index in [9.17, 15) is 9.59 Å². The average molecular weight is 383 g/mol. The molecule has 6 nitrogen and oxygen atoms in total. The summed E-state index contributed by atoms with van der Waals surface area (Å²) >= 11 is 0. The van der Waals surface area contributed by atoms with Crippen LogP contribution >= 0.6 is 0 Å². The van der Waals surface area contributed by atoms with Crippen LogP contribution in [0.2, 0.25) is 0 Å². The number of carboxylic acid groups (broad SMARTS) is 2. The molecule has 1 aliphatic rings. The van der Waals surface area contributed by atoms with Crippen molar-refractivity contribution in [2.75, 3.05) is 13.1 Å². The van der Waals surface area contributed by atoms with E-state index < -0.39 is 11.9 Å². The van der Waals surface area contributed by atoms with Gasteiger partial charge in [-0.2, -0.15) is 0 Å². The van der Waals surface area contributed by atoms with Crippen LogP contribution in [0.25, 0.3) is 0 Å². The van der Waals surface area contributed by atoms with E-state index in [1.165, 1.54) is 11.1 Å². The minimum Gasteiger partial charge on any atom is -0.490 e. The average Bonchev–Trinajstić information content (AvgIpc) is 2.69. The monoisotopic (exact) mass is 383 g/mol. The lowest BCUT2D eigenvalue weighted by molar-refractivity contribution is -0.134. The quantitative estimate of drug-likeness (QED) is 0.664. The molecule has 0 atom stereocenters. The lowest BCUT2D eigenvalue weighted by Gasteiger charge is -2.24. The van der Waals surface area contributed by atoms with E-state index in [0.717, 1.165) is 38.1 Å². The summed E-state index contributed by atoms with van der Waals surface area (Å²) in [5.74, 6) is -1.51. The predicted octanol–water partition coefficient (Wildman–Crippen LogP) is 3.12. The van der Waals surface area contributed by atoms with Crippen molar-refractivity contribution < 1.29 is 24.5 Å². The van der Waals surface area contributed by atoms with Gasteiger partial charge in [0.1, 0.15) is 11.9 Å². The maximum Gasteiger partial charge on any atom is 0.328 e. The van der Waals surface area contributed by atoms with E-state index in [1.807, 2.05) is 0 Å². The Morgan fingerprint density at radius 3 is 2.14 bits per heavy atom. The fourth-order valence-corrected chi connectivity index (χ4v) is 2.81. The zero-order valence-corrected chi connectivity index (χ0v) is 15.6. The van der Waals surface area contributed by atoms with Gasteiger partial charge >= 0.3 is 11.9 Å². The molecular weight excluding hydrogens is 358 g/mol. The third kappa shape index (κ3) is 8.51. The largest absolute Gasteiger partial charge is 0.490 e. The molecule has 28 heavy (non-hydrogen) atoms. The Morgan fingerprint density at radius 2 is 1.54 bits per heavy atom. The molecule has 1 heterocycles. The molecule has 0 unspecified atom stereocenters. The van der Waals surface area contributed by atoms with E-state index in [1.54, 1.807) is 0 Å². The third-order valence-electron chi connectivity index (χ3n) is 4.11. The first-order valence-corrected chi connectivity index (χ1v) is 9.17. The van der Waals surface area contributed by atoms with Gasteiger partial charge < -0.3 is 20.3 Å². The number of rotatable bonds is 6. The zero-order valence-electron chi connectivity index (χ0n) is 15.6. The Morgan fingerprint density at radius 1 is 0.929 bits per heavy atom. The number of aliphatic carboxylic acids is 2. The summed E-state index contributed by atoms with van der Waals surface area (Å²) in [6.07, 6.45) is 4.64. The summed E-state index contributed by atoms with van der Waals surface area (Å²) in [5, 5.41) is 19.0. The van der Waals surface area contributed by atoms with Crippen molar-refractivity contribution in [1.82, 2.24) is 5.32 Å². The highest BCUT2D eigenvalue weighted by Crippen LogP contribution is 2.20. The standard InChI is InChI=1S/C18H21NO.C4H4O4/c1-2-5-15(6-3-1)13-16-7-4-8-18(14-16)20-17-9-11-19-12-10-17;5-3(6)1-2-4(7)8/h1-8,14,17,19H,9-13H2;1-2H,(H,5,6)(H,7,8)/b;2-1+. The van der Waals surface area contributed by atoms with Crippen LogP contribution in [0.1, 0.15) is 24.0 Å². The number of benzene rings is 2. The molecule has 0 aromatic heterocycles. The highest BCUT2D eigenvalue weighted by molar-refractivity contribution is 5.89. The van der Waals surface area contributed by atoms with Crippen LogP contribution < -0.4 is 10.1 Å². The van der Waals surface area contributed by atoms with E-state index in [-0.39, 0.29) is 0 Å². The lowest BCUT2D eigenvalue weighted by atomic mass is 10.0. The molecule has 3 N–H and O–H groups in total.